The van der Waals surface area contributed by atoms with Crippen LogP contribution in [0.25, 0.3) is 11.1 Å². The van der Waals surface area contributed by atoms with Crippen LogP contribution in [0.5, 0.6) is 5.75 Å². The van der Waals surface area contributed by atoms with Crippen LogP contribution in [0.4, 0.5) is 0 Å². The molecule has 1 N–H and O–H groups in total. The summed E-state index contributed by atoms with van der Waals surface area (Å²) in [5.74, 6) is 0.755. The molecule has 7 nitrogen and oxygen atoms in total. The van der Waals surface area contributed by atoms with E-state index < -0.39 is 0 Å². The first-order valence-electron chi connectivity index (χ1n) is 11.6. The lowest BCUT2D eigenvalue weighted by molar-refractivity contribution is -0.169. The van der Waals surface area contributed by atoms with Gasteiger partial charge in [-0.05, 0) is 41.7 Å². The molecule has 5 rings (SSSR count). The topological polar surface area (TPSA) is 79.3 Å². The number of fused-ring (bicyclic) bond motifs is 1. The number of amides is 2. The third-order valence-corrected chi connectivity index (χ3v) is 7.35. The Hall–Kier alpha value is -2.90. The summed E-state index contributed by atoms with van der Waals surface area (Å²) in [6.07, 6.45) is 1.43. The van der Waals surface area contributed by atoms with Crippen LogP contribution in [0.15, 0.2) is 48.5 Å². The Morgan fingerprint density at radius 2 is 1.70 bits per heavy atom. The number of carbonyl (C=O) groups is 2. The monoisotopic (exact) mass is 450 g/mol. The quantitative estimate of drug-likeness (QED) is 0.756. The van der Waals surface area contributed by atoms with Gasteiger partial charge in [0.2, 0.25) is 11.8 Å². The van der Waals surface area contributed by atoms with Crippen molar-refractivity contribution in [3.63, 3.8) is 0 Å². The zero-order valence-corrected chi connectivity index (χ0v) is 18.9. The number of hydrogen-bond acceptors (Lipinski definition) is 5. The second kappa shape index (κ2) is 9.15. The minimum absolute atomic E-state index is 0.00848. The maximum atomic E-state index is 13.1. The van der Waals surface area contributed by atoms with E-state index in [-0.39, 0.29) is 48.9 Å². The van der Waals surface area contributed by atoms with Crippen molar-refractivity contribution in [3.05, 3.63) is 54.1 Å². The van der Waals surface area contributed by atoms with Gasteiger partial charge in [-0.25, -0.2) is 0 Å². The zero-order valence-electron chi connectivity index (χ0n) is 18.9. The number of carbonyl (C=O) groups excluding carboxylic acids is 2. The zero-order chi connectivity index (χ0) is 22.9. The summed E-state index contributed by atoms with van der Waals surface area (Å²) in [5.41, 5.74) is 3.27. The highest BCUT2D eigenvalue weighted by molar-refractivity contribution is 5.88. The molecule has 3 heterocycles. The van der Waals surface area contributed by atoms with Gasteiger partial charge in [-0.1, -0.05) is 36.4 Å². The molecule has 0 aromatic heterocycles. The van der Waals surface area contributed by atoms with Gasteiger partial charge in [0.1, 0.15) is 5.75 Å². The van der Waals surface area contributed by atoms with Gasteiger partial charge in [0.25, 0.3) is 0 Å². The summed E-state index contributed by atoms with van der Waals surface area (Å²) in [5, 5.41) is 10.0. The number of benzene rings is 2. The van der Waals surface area contributed by atoms with E-state index in [1.165, 1.54) is 0 Å². The molecule has 3 aliphatic heterocycles. The summed E-state index contributed by atoms with van der Waals surface area (Å²) in [6, 6.07) is 15.9. The fourth-order valence-electron chi connectivity index (χ4n) is 5.55. The first kappa shape index (κ1) is 21.9. The molecule has 3 atom stereocenters. The molecule has 2 aromatic rings. The van der Waals surface area contributed by atoms with Crippen LogP contribution in [0.3, 0.4) is 0 Å². The summed E-state index contributed by atoms with van der Waals surface area (Å²) in [7, 11) is 1.65. The van der Waals surface area contributed by atoms with Crippen molar-refractivity contribution in [2.45, 2.75) is 30.8 Å². The summed E-state index contributed by atoms with van der Waals surface area (Å²) < 4.78 is 10.6. The Bertz CT molecular complexity index is 1000. The fourth-order valence-corrected chi connectivity index (χ4v) is 5.55. The number of nitrogens with zero attached hydrogens (tertiary/aromatic N) is 2. The molecule has 3 saturated heterocycles. The molecular weight excluding hydrogens is 420 g/mol. The molecule has 3 aliphatic rings. The van der Waals surface area contributed by atoms with E-state index >= 15 is 0 Å². The van der Waals surface area contributed by atoms with Gasteiger partial charge in [-0.3, -0.25) is 9.59 Å². The summed E-state index contributed by atoms with van der Waals surface area (Å²) in [4.78, 5) is 29.5. The Kier molecular flexibility index (Phi) is 6.08. The lowest BCUT2D eigenvalue weighted by atomic mass is 9.73. The summed E-state index contributed by atoms with van der Waals surface area (Å²) in [6.45, 7) is 1.74. The second-order valence-electron chi connectivity index (χ2n) is 9.10. The van der Waals surface area contributed by atoms with E-state index in [0.717, 1.165) is 22.4 Å². The van der Waals surface area contributed by atoms with Crippen LogP contribution in [0.2, 0.25) is 0 Å². The summed E-state index contributed by atoms with van der Waals surface area (Å²) >= 11 is 0. The van der Waals surface area contributed by atoms with E-state index in [0.29, 0.717) is 32.6 Å². The Morgan fingerprint density at radius 3 is 2.30 bits per heavy atom. The van der Waals surface area contributed by atoms with E-state index in [9.17, 15) is 14.7 Å². The van der Waals surface area contributed by atoms with Crippen LogP contribution in [0, 0.1) is 5.92 Å². The Labute approximate surface area is 193 Å². The minimum Gasteiger partial charge on any atom is -0.497 e. The number of aliphatic hydroxyl groups excluding tert-OH is 1. The van der Waals surface area contributed by atoms with Gasteiger partial charge in [0.05, 0.1) is 32.3 Å². The van der Waals surface area contributed by atoms with Gasteiger partial charge in [0, 0.05) is 31.6 Å². The molecule has 174 valence electrons. The van der Waals surface area contributed by atoms with Gasteiger partial charge in [-0.2, -0.15) is 0 Å². The highest BCUT2D eigenvalue weighted by atomic mass is 16.5. The highest BCUT2D eigenvalue weighted by Gasteiger charge is 2.54. The van der Waals surface area contributed by atoms with Crippen molar-refractivity contribution in [3.8, 4) is 16.9 Å². The molecule has 7 heteroatoms. The highest BCUT2D eigenvalue weighted by Crippen LogP contribution is 2.43. The maximum absolute atomic E-state index is 13.1. The Morgan fingerprint density at radius 1 is 1.06 bits per heavy atom. The van der Waals surface area contributed by atoms with Crippen LogP contribution >= 0.6 is 0 Å². The molecule has 0 aliphatic carbocycles. The smallest absolute Gasteiger partial charge is 0.242 e. The van der Waals surface area contributed by atoms with Gasteiger partial charge in [-0.15, -0.1) is 0 Å². The average molecular weight is 451 g/mol. The number of methoxy groups -OCH3 is 1. The molecule has 2 aromatic carbocycles. The third kappa shape index (κ3) is 4.00. The van der Waals surface area contributed by atoms with E-state index in [1.807, 2.05) is 24.3 Å². The van der Waals surface area contributed by atoms with Crippen molar-refractivity contribution < 1.29 is 24.2 Å². The van der Waals surface area contributed by atoms with E-state index in [2.05, 4.69) is 24.3 Å². The number of piperazine rings is 1. The maximum Gasteiger partial charge on any atom is 0.242 e. The van der Waals surface area contributed by atoms with E-state index in [1.54, 1.807) is 16.9 Å². The van der Waals surface area contributed by atoms with Crippen molar-refractivity contribution in [1.82, 2.24) is 9.80 Å². The van der Waals surface area contributed by atoms with Crippen LogP contribution in [-0.4, -0.2) is 78.8 Å². The van der Waals surface area contributed by atoms with Crippen LogP contribution < -0.4 is 4.74 Å². The lowest BCUT2D eigenvalue weighted by Crippen LogP contribution is -2.73. The molecule has 0 unspecified atom stereocenters. The van der Waals surface area contributed by atoms with Gasteiger partial charge >= 0.3 is 0 Å². The lowest BCUT2D eigenvalue weighted by Gasteiger charge is -2.59. The second-order valence-corrected chi connectivity index (χ2v) is 9.10. The molecule has 2 amide bonds. The number of ether oxygens (including phenoxy) is 2. The average Bonchev–Trinajstić information content (AvgIpc) is 2.86. The number of aliphatic hydroxyl groups is 1. The molecule has 0 radical (unpaired) electrons. The first-order chi connectivity index (χ1) is 16.1. The van der Waals surface area contributed by atoms with E-state index in [4.69, 9.17) is 9.47 Å². The predicted molar refractivity (Wildman–Crippen MR) is 123 cm³/mol. The fraction of sp³-hybridized carbons (Fsp3) is 0.462. The minimum atomic E-state index is -0.241. The molecule has 0 bridgehead atoms. The molecular formula is C26H30N2O5. The van der Waals surface area contributed by atoms with Gasteiger partial charge in [0.15, 0.2) is 0 Å². The first-order valence-corrected chi connectivity index (χ1v) is 11.6. The third-order valence-electron chi connectivity index (χ3n) is 7.35. The van der Waals surface area contributed by atoms with Crippen LogP contribution in [-0.2, 0) is 14.3 Å². The molecule has 33 heavy (non-hydrogen) atoms. The normalized spacial score (nSPS) is 25.4. The van der Waals surface area contributed by atoms with Crippen LogP contribution in [0.1, 0.15) is 24.3 Å². The van der Waals surface area contributed by atoms with Crippen molar-refractivity contribution in [2.24, 2.45) is 5.92 Å². The van der Waals surface area contributed by atoms with Crippen molar-refractivity contribution in [1.29, 1.82) is 0 Å². The molecule has 3 fully saturated rings. The molecule has 0 saturated carbocycles. The Balaban J connectivity index is 1.34. The predicted octanol–water partition coefficient (Wildman–Crippen LogP) is 2.29. The largest absolute Gasteiger partial charge is 0.497 e. The standard InChI is InChI=1S/C26H30N2O5/c1-32-21-8-6-18(7-9-21)17-2-4-19(5-3-17)25-22-14-27(15-24(30)28(22)23(25)16-29)26(31)20-10-12-33-13-11-20/h2-9,20,22-23,25,29H,10-16H2,1H3/t22-,23+,25-/m0/s1. The number of hydrogen-bond donors (Lipinski definition) is 1. The number of rotatable bonds is 5. The SMILES string of the molecule is COc1ccc(-c2ccc([C@@H]3[C@@H](CO)N4C(=O)CN(C(=O)C5CCOCC5)C[C@@H]34)cc2)cc1. The van der Waals surface area contributed by atoms with Gasteiger partial charge < -0.3 is 24.4 Å². The molecule has 0 spiro atoms. The van der Waals surface area contributed by atoms with Crippen molar-refractivity contribution in [2.75, 3.05) is 40.0 Å². The van der Waals surface area contributed by atoms with Crippen molar-refractivity contribution >= 4 is 11.8 Å².